The number of esters is 1. The lowest BCUT2D eigenvalue weighted by atomic mass is 9.96. The van der Waals surface area contributed by atoms with Crippen LogP contribution in [0.15, 0.2) is 69.6 Å². The van der Waals surface area contributed by atoms with Crippen molar-refractivity contribution in [2.75, 3.05) is 6.61 Å². The molecule has 0 fully saturated rings. The van der Waals surface area contributed by atoms with Crippen LogP contribution in [0.4, 0.5) is 0 Å². The van der Waals surface area contributed by atoms with Crippen molar-refractivity contribution in [3.8, 4) is 0 Å². The molecule has 1 unspecified atom stereocenters. The Morgan fingerprint density at radius 1 is 1.23 bits per heavy atom. The second-order valence-electron chi connectivity index (χ2n) is 6.88. The third-order valence-corrected chi connectivity index (χ3v) is 6.43. The molecule has 8 heteroatoms. The van der Waals surface area contributed by atoms with E-state index in [1.165, 1.54) is 11.3 Å². The zero-order chi connectivity index (χ0) is 22.1. The lowest BCUT2D eigenvalue weighted by Crippen LogP contribution is -2.39. The number of allylic oxidation sites excluding steroid dienone is 1. The monoisotopic (exact) mass is 472 g/mol. The maximum Gasteiger partial charge on any atom is 0.338 e. The molecule has 1 atom stereocenters. The number of carbonyl (C=O) groups is 1. The van der Waals surface area contributed by atoms with Crippen LogP contribution in [0.1, 0.15) is 31.0 Å². The van der Waals surface area contributed by atoms with E-state index >= 15 is 0 Å². The van der Waals surface area contributed by atoms with Gasteiger partial charge in [0.25, 0.3) is 5.56 Å². The first-order chi connectivity index (χ1) is 14.9. The first-order valence-electron chi connectivity index (χ1n) is 9.60. The van der Waals surface area contributed by atoms with E-state index in [2.05, 4.69) is 4.99 Å². The molecule has 1 aliphatic rings. The van der Waals surface area contributed by atoms with Crippen molar-refractivity contribution in [3.05, 3.63) is 101 Å². The van der Waals surface area contributed by atoms with Gasteiger partial charge in [0.2, 0.25) is 0 Å². The van der Waals surface area contributed by atoms with Crippen LogP contribution in [0, 0.1) is 0 Å². The predicted molar refractivity (Wildman–Crippen MR) is 123 cm³/mol. The molecule has 0 aliphatic carbocycles. The minimum atomic E-state index is -0.626. The van der Waals surface area contributed by atoms with Gasteiger partial charge < -0.3 is 4.74 Å². The Hall–Kier alpha value is -2.67. The van der Waals surface area contributed by atoms with E-state index in [1.54, 1.807) is 42.7 Å². The normalized spacial score (nSPS) is 16.1. The molecule has 1 aromatic heterocycles. The molecule has 0 bridgehead atoms. The van der Waals surface area contributed by atoms with Crippen LogP contribution in [0.25, 0.3) is 6.08 Å². The first-order valence-corrected chi connectivity index (χ1v) is 11.2. The maximum absolute atomic E-state index is 13.5. The number of hydrogen-bond acceptors (Lipinski definition) is 5. The molecule has 2 aromatic carbocycles. The van der Waals surface area contributed by atoms with Crippen LogP contribution in [0.3, 0.4) is 0 Å². The molecule has 1 aliphatic heterocycles. The van der Waals surface area contributed by atoms with Gasteiger partial charge in [-0.1, -0.05) is 70.9 Å². The van der Waals surface area contributed by atoms with Crippen molar-refractivity contribution in [2.45, 2.75) is 19.9 Å². The molecule has 0 radical (unpaired) electrons. The second-order valence-corrected chi connectivity index (χ2v) is 8.73. The number of hydrogen-bond donors (Lipinski definition) is 0. The molecule has 2 heterocycles. The molecule has 4 rings (SSSR count). The van der Waals surface area contributed by atoms with Crippen LogP contribution in [0.2, 0.25) is 10.0 Å². The molecule has 158 valence electrons. The summed E-state index contributed by atoms with van der Waals surface area (Å²) in [6.07, 6.45) is 1.72. The number of aromatic nitrogens is 1. The highest BCUT2D eigenvalue weighted by Crippen LogP contribution is 2.30. The Morgan fingerprint density at radius 3 is 2.65 bits per heavy atom. The molecule has 5 nitrogen and oxygen atoms in total. The fraction of sp³-hybridized carbons (Fsp3) is 0.174. The van der Waals surface area contributed by atoms with E-state index in [9.17, 15) is 9.59 Å². The van der Waals surface area contributed by atoms with Crippen LogP contribution < -0.4 is 14.9 Å². The van der Waals surface area contributed by atoms with Gasteiger partial charge in [0.05, 0.1) is 28.5 Å². The Labute approximate surface area is 192 Å². The third kappa shape index (κ3) is 4.11. The number of thiazole rings is 1. The van der Waals surface area contributed by atoms with Gasteiger partial charge in [-0.25, -0.2) is 9.79 Å². The largest absolute Gasteiger partial charge is 0.463 e. The van der Waals surface area contributed by atoms with Gasteiger partial charge in [-0.3, -0.25) is 9.36 Å². The van der Waals surface area contributed by atoms with Gasteiger partial charge in [-0.2, -0.15) is 0 Å². The highest BCUT2D eigenvalue weighted by molar-refractivity contribution is 7.07. The molecule has 31 heavy (non-hydrogen) atoms. The minimum Gasteiger partial charge on any atom is -0.463 e. The number of halogens is 2. The number of fused-ring (bicyclic) bond motifs is 1. The van der Waals surface area contributed by atoms with Gasteiger partial charge in [0.1, 0.15) is 0 Å². The summed E-state index contributed by atoms with van der Waals surface area (Å²) >= 11 is 13.5. The molecular formula is C23H18Cl2N2O3S. The fourth-order valence-electron chi connectivity index (χ4n) is 3.50. The topological polar surface area (TPSA) is 60.7 Å². The third-order valence-electron chi connectivity index (χ3n) is 4.88. The van der Waals surface area contributed by atoms with Gasteiger partial charge in [0, 0.05) is 10.0 Å². The average Bonchev–Trinajstić information content (AvgIpc) is 3.04. The number of rotatable bonds is 4. The first kappa shape index (κ1) is 21.6. The SMILES string of the molecule is CCOC(=O)C1=C(C)N=c2s/c(=C\c3ccc(Cl)cc3Cl)c(=O)n2C1c1ccccc1. The van der Waals surface area contributed by atoms with Crippen molar-refractivity contribution in [3.63, 3.8) is 0 Å². The highest BCUT2D eigenvalue weighted by Gasteiger charge is 2.33. The molecule has 3 aromatic rings. The van der Waals surface area contributed by atoms with Crippen molar-refractivity contribution in [2.24, 2.45) is 4.99 Å². The quantitative estimate of drug-likeness (QED) is 0.536. The summed E-state index contributed by atoms with van der Waals surface area (Å²) in [5.74, 6) is -0.479. The van der Waals surface area contributed by atoms with Crippen molar-refractivity contribution in [1.29, 1.82) is 0 Å². The van der Waals surface area contributed by atoms with Crippen LogP contribution in [0.5, 0.6) is 0 Å². The molecular weight excluding hydrogens is 455 g/mol. The van der Waals surface area contributed by atoms with E-state index in [0.29, 0.717) is 36.2 Å². The molecule has 0 amide bonds. The van der Waals surface area contributed by atoms with Crippen LogP contribution >= 0.6 is 34.5 Å². The summed E-state index contributed by atoms with van der Waals surface area (Å²) in [5.41, 5.74) is 2.12. The Kier molecular flexibility index (Phi) is 6.14. The zero-order valence-electron chi connectivity index (χ0n) is 16.8. The lowest BCUT2D eigenvalue weighted by Gasteiger charge is -2.24. The van der Waals surface area contributed by atoms with Crippen molar-refractivity contribution in [1.82, 2.24) is 4.57 Å². The summed E-state index contributed by atoms with van der Waals surface area (Å²) in [6.45, 7) is 3.74. The van der Waals surface area contributed by atoms with Gasteiger partial charge in [-0.15, -0.1) is 0 Å². The number of carbonyl (C=O) groups excluding carboxylic acids is 1. The Balaban J connectivity index is 1.96. The second kappa shape index (κ2) is 8.83. The predicted octanol–water partition coefficient (Wildman–Crippen LogP) is 4.11. The van der Waals surface area contributed by atoms with Crippen LogP contribution in [-0.2, 0) is 9.53 Å². The standard InChI is InChI=1S/C23H18Cl2N2O3S/c1-3-30-22(29)19-13(2)26-23-27(20(19)14-7-5-4-6-8-14)21(28)18(31-23)11-15-9-10-16(24)12-17(15)25/h4-12,20H,3H2,1-2H3/b18-11-. The van der Waals surface area contributed by atoms with Gasteiger partial charge in [0.15, 0.2) is 4.80 Å². The zero-order valence-corrected chi connectivity index (χ0v) is 19.1. The van der Waals surface area contributed by atoms with E-state index in [0.717, 1.165) is 5.56 Å². The minimum absolute atomic E-state index is 0.233. The van der Waals surface area contributed by atoms with E-state index in [-0.39, 0.29) is 12.2 Å². The van der Waals surface area contributed by atoms with E-state index < -0.39 is 12.0 Å². The Bertz CT molecular complexity index is 1370. The lowest BCUT2D eigenvalue weighted by molar-refractivity contribution is -0.139. The van der Waals surface area contributed by atoms with E-state index in [4.69, 9.17) is 27.9 Å². The smallest absolute Gasteiger partial charge is 0.338 e. The maximum atomic E-state index is 13.5. The van der Waals surface area contributed by atoms with Gasteiger partial charge in [-0.05, 0) is 43.2 Å². The van der Waals surface area contributed by atoms with E-state index in [1.807, 2.05) is 30.3 Å². The van der Waals surface area contributed by atoms with Crippen LogP contribution in [-0.4, -0.2) is 17.1 Å². The molecule has 0 saturated heterocycles. The summed E-state index contributed by atoms with van der Waals surface area (Å²) in [7, 11) is 0. The molecule has 0 saturated carbocycles. The number of benzene rings is 2. The molecule has 0 spiro atoms. The number of ether oxygens (including phenoxy) is 1. The summed E-state index contributed by atoms with van der Waals surface area (Å²) in [5, 5.41) is 0.962. The fourth-order valence-corrected chi connectivity index (χ4v) is 5.00. The molecule has 0 N–H and O–H groups in total. The average molecular weight is 473 g/mol. The Morgan fingerprint density at radius 2 is 1.97 bits per heavy atom. The van der Waals surface area contributed by atoms with Gasteiger partial charge >= 0.3 is 5.97 Å². The van der Waals surface area contributed by atoms with Crippen molar-refractivity contribution < 1.29 is 9.53 Å². The summed E-state index contributed by atoms with van der Waals surface area (Å²) < 4.78 is 7.29. The summed E-state index contributed by atoms with van der Waals surface area (Å²) in [6, 6.07) is 13.9. The van der Waals surface area contributed by atoms with Crippen molar-refractivity contribution >= 4 is 46.6 Å². The highest BCUT2D eigenvalue weighted by atomic mass is 35.5. The summed E-state index contributed by atoms with van der Waals surface area (Å²) in [4.78, 5) is 31.3. The number of nitrogens with zero attached hydrogens (tertiary/aromatic N) is 2.